The lowest BCUT2D eigenvalue weighted by atomic mass is 10.0. The molecule has 166 valence electrons. The molecule has 1 aliphatic rings. The van der Waals surface area contributed by atoms with Crippen LogP contribution in [0.25, 0.3) is 22.0 Å². The van der Waals surface area contributed by atoms with Crippen molar-refractivity contribution in [2.45, 2.75) is 6.42 Å². The number of hydrogen-bond donors (Lipinski definition) is 1. The van der Waals surface area contributed by atoms with Gasteiger partial charge in [0.05, 0.1) is 18.1 Å². The highest BCUT2D eigenvalue weighted by molar-refractivity contribution is 5.98. The first-order valence-corrected chi connectivity index (χ1v) is 10.9. The van der Waals surface area contributed by atoms with Crippen LogP contribution in [0.5, 0.6) is 0 Å². The van der Waals surface area contributed by atoms with E-state index < -0.39 is 0 Å². The summed E-state index contributed by atoms with van der Waals surface area (Å²) in [5.74, 6) is 1.35. The Morgan fingerprint density at radius 1 is 0.909 bits per heavy atom. The lowest BCUT2D eigenvalue weighted by Gasteiger charge is -2.33. The maximum Gasteiger partial charge on any atom is 0.169 e. The van der Waals surface area contributed by atoms with E-state index in [9.17, 15) is 4.79 Å². The van der Waals surface area contributed by atoms with Crippen molar-refractivity contribution < 1.29 is 4.79 Å². The molecule has 0 unspecified atom stereocenters. The van der Waals surface area contributed by atoms with E-state index in [1.165, 1.54) is 0 Å². The summed E-state index contributed by atoms with van der Waals surface area (Å²) in [5.41, 5.74) is 9.70. The molecule has 0 aromatic carbocycles. The number of pyridine rings is 4. The van der Waals surface area contributed by atoms with E-state index in [1.54, 1.807) is 36.9 Å². The minimum Gasteiger partial charge on any atom is -0.384 e. The number of carbonyl (C=O) groups is 1. The fourth-order valence-corrected chi connectivity index (χ4v) is 3.97. The van der Waals surface area contributed by atoms with Crippen LogP contribution < -0.4 is 10.6 Å². The number of fused-ring (bicyclic) bond motifs is 1. The second-order valence-electron chi connectivity index (χ2n) is 8.36. The molecule has 5 rings (SSSR count). The van der Waals surface area contributed by atoms with Crippen molar-refractivity contribution >= 4 is 28.3 Å². The average molecular weight is 440 g/mol. The molecule has 4 aromatic rings. The van der Waals surface area contributed by atoms with Gasteiger partial charge in [-0.2, -0.15) is 0 Å². The number of carbonyl (C=O) groups excluding carboxylic acids is 1. The van der Waals surface area contributed by atoms with Crippen LogP contribution in [-0.4, -0.2) is 63.8 Å². The van der Waals surface area contributed by atoms with Crippen molar-refractivity contribution in [3.05, 3.63) is 72.4 Å². The third-order valence-corrected chi connectivity index (χ3v) is 5.98. The largest absolute Gasteiger partial charge is 0.384 e. The number of rotatable bonds is 5. The highest BCUT2D eigenvalue weighted by atomic mass is 16.1. The lowest BCUT2D eigenvalue weighted by molar-refractivity contribution is 0.0992. The molecule has 8 heteroatoms. The predicted molar refractivity (Wildman–Crippen MR) is 129 cm³/mol. The van der Waals surface area contributed by atoms with Gasteiger partial charge in [-0.3, -0.25) is 14.8 Å². The van der Waals surface area contributed by atoms with Gasteiger partial charge < -0.3 is 15.5 Å². The van der Waals surface area contributed by atoms with Crippen LogP contribution in [0.4, 0.5) is 11.6 Å². The second-order valence-corrected chi connectivity index (χ2v) is 8.36. The standard InChI is InChI=1S/C25H25N7O/c1-31-6-8-32(9-7-31)25-12-17(4-5-27-25)23(33)13-21-11-19-10-20(15-29-22(19)16-28-21)18-2-3-24(26)30-14-18/h2-5,10-12,14-16H,6-9,13H2,1H3,(H2,26,30). The molecule has 1 saturated heterocycles. The molecule has 1 fully saturated rings. The molecule has 4 aromatic heterocycles. The highest BCUT2D eigenvalue weighted by Gasteiger charge is 2.17. The Morgan fingerprint density at radius 3 is 2.52 bits per heavy atom. The molecule has 0 spiro atoms. The van der Waals surface area contributed by atoms with E-state index in [4.69, 9.17) is 5.73 Å². The third-order valence-electron chi connectivity index (χ3n) is 5.98. The molecule has 0 saturated carbocycles. The van der Waals surface area contributed by atoms with E-state index in [-0.39, 0.29) is 12.2 Å². The Morgan fingerprint density at radius 2 is 1.73 bits per heavy atom. The smallest absolute Gasteiger partial charge is 0.169 e. The van der Waals surface area contributed by atoms with Gasteiger partial charge in [0.15, 0.2) is 5.78 Å². The lowest BCUT2D eigenvalue weighted by Crippen LogP contribution is -2.44. The fourth-order valence-electron chi connectivity index (χ4n) is 3.97. The van der Waals surface area contributed by atoms with Gasteiger partial charge in [-0.25, -0.2) is 9.97 Å². The number of piperazine rings is 1. The normalized spacial score (nSPS) is 14.5. The van der Waals surface area contributed by atoms with E-state index in [2.05, 4.69) is 36.8 Å². The quantitative estimate of drug-likeness (QED) is 0.474. The molecule has 0 amide bonds. The number of likely N-dealkylation sites (N-methyl/N-ethyl adjacent to an activating group) is 1. The number of hydrogen-bond acceptors (Lipinski definition) is 8. The minimum absolute atomic E-state index is 0.0199. The molecular weight excluding hydrogens is 414 g/mol. The number of Topliss-reactive ketones (excluding diaryl/α,β-unsaturated/α-hetero) is 1. The van der Waals surface area contributed by atoms with Gasteiger partial charge in [-0.15, -0.1) is 0 Å². The third kappa shape index (κ3) is 4.65. The summed E-state index contributed by atoms with van der Waals surface area (Å²) >= 11 is 0. The maximum atomic E-state index is 13.0. The van der Waals surface area contributed by atoms with Gasteiger partial charge >= 0.3 is 0 Å². The summed E-state index contributed by atoms with van der Waals surface area (Å²) in [6.07, 6.45) is 7.16. The SMILES string of the molecule is CN1CCN(c2cc(C(=O)Cc3cc4cc(-c5ccc(N)nc5)cnc4cn3)ccn2)CC1. The minimum atomic E-state index is 0.0199. The van der Waals surface area contributed by atoms with Crippen molar-refractivity contribution in [2.24, 2.45) is 0 Å². The van der Waals surface area contributed by atoms with Crippen molar-refractivity contribution in [1.82, 2.24) is 24.8 Å². The number of nitrogens with two attached hydrogens (primary N) is 1. The van der Waals surface area contributed by atoms with Gasteiger partial charge in [0.25, 0.3) is 0 Å². The van der Waals surface area contributed by atoms with Gasteiger partial charge in [-0.1, -0.05) is 0 Å². The number of anilines is 2. The van der Waals surface area contributed by atoms with Crippen LogP contribution in [0.1, 0.15) is 16.1 Å². The first kappa shape index (κ1) is 21.0. The second kappa shape index (κ2) is 8.91. The molecule has 0 radical (unpaired) electrons. The number of nitrogens with zero attached hydrogens (tertiary/aromatic N) is 6. The van der Waals surface area contributed by atoms with Crippen LogP contribution >= 0.6 is 0 Å². The first-order valence-electron chi connectivity index (χ1n) is 10.9. The van der Waals surface area contributed by atoms with Crippen molar-refractivity contribution in [1.29, 1.82) is 0 Å². The van der Waals surface area contributed by atoms with Crippen LogP contribution in [0.15, 0.2) is 61.2 Å². The van der Waals surface area contributed by atoms with Crippen molar-refractivity contribution in [3.63, 3.8) is 0 Å². The van der Waals surface area contributed by atoms with Gasteiger partial charge in [0.1, 0.15) is 11.6 Å². The van der Waals surface area contributed by atoms with E-state index in [1.807, 2.05) is 24.3 Å². The molecule has 8 nitrogen and oxygen atoms in total. The summed E-state index contributed by atoms with van der Waals surface area (Å²) in [6.45, 7) is 3.80. The summed E-state index contributed by atoms with van der Waals surface area (Å²) in [6, 6.07) is 11.3. The number of nitrogen functional groups attached to an aromatic ring is 1. The van der Waals surface area contributed by atoms with Crippen molar-refractivity contribution in [2.75, 3.05) is 43.9 Å². The average Bonchev–Trinajstić information content (AvgIpc) is 2.84. The van der Waals surface area contributed by atoms with E-state index in [0.29, 0.717) is 17.1 Å². The molecule has 33 heavy (non-hydrogen) atoms. The fraction of sp³-hybridized carbons (Fsp3) is 0.240. The Bertz CT molecular complexity index is 1300. The van der Waals surface area contributed by atoms with Crippen LogP contribution in [0.3, 0.4) is 0 Å². The molecule has 0 aliphatic carbocycles. The topological polar surface area (TPSA) is 101 Å². The van der Waals surface area contributed by atoms with Gasteiger partial charge in [-0.05, 0) is 43.4 Å². The van der Waals surface area contributed by atoms with Crippen LogP contribution in [0, 0.1) is 0 Å². The summed E-state index contributed by atoms with van der Waals surface area (Å²) in [4.78, 5) is 35.1. The predicted octanol–water partition coefficient (Wildman–Crippen LogP) is 2.85. The molecule has 1 aliphatic heterocycles. The Kier molecular flexibility index (Phi) is 5.66. The highest BCUT2D eigenvalue weighted by Crippen LogP contribution is 2.23. The zero-order valence-electron chi connectivity index (χ0n) is 18.5. The summed E-state index contributed by atoms with van der Waals surface area (Å²) < 4.78 is 0. The number of ketones is 1. The Hall–Kier alpha value is -3.91. The van der Waals surface area contributed by atoms with Crippen LogP contribution in [-0.2, 0) is 6.42 Å². The molecule has 0 bridgehead atoms. The van der Waals surface area contributed by atoms with E-state index in [0.717, 1.165) is 54.0 Å². The monoisotopic (exact) mass is 439 g/mol. The summed E-state index contributed by atoms with van der Waals surface area (Å²) in [5, 5.41) is 0.926. The Labute approximate surface area is 192 Å². The molecule has 2 N–H and O–H groups in total. The summed E-state index contributed by atoms with van der Waals surface area (Å²) in [7, 11) is 2.12. The zero-order chi connectivity index (χ0) is 22.8. The van der Waals surface area contributed by atoms with Crippen molar-refractivity contribution in [3.8, 4) is 11.1 Å². The Balaban J connectivity index is 1.36. The molecule has 5 heterocycles. The van der Waals surface area contributed by atoms with E-state index >= 15 is 0 Å². The number of aromatic nitrogens is 4. The van der Waals surface area contributed by atoms with Gasteiger partial charge in [0, 0.05) is 72.5 Å². The maximum absolute atomic E-state index is 13.0. The molecular formula is C25H25N7O. The molecule has 0 atom stereocenters. The van der Waals surface area contributed by atoms with Crippen LogP contribution in [0.2, 0.25) is 0 Å². The zero-order valence-corrected chi connectivity index (χ0v) is 18.5. The van der Waals surface area contributed by atoms with Gasteiger partial charge in [0.2, 0.25) is 0 Å². The first-order chi connectivity index (χ1) is 16.0.